The van der Waals surface area contributed by atoms with E-state index in [9.17, 15) is 0 Å². The smallest absolute Gasteiger partial charge is 0.00307 e. The Labute approximate surface area is 87.0 Å². The van der Waals surface area contributed by atoms with Crippen LogP contribution in [-0.2, 0) is 0 Å². The summed E-state index contributed by atoms with van der Waals surface area (Å²) in [4.78, 5) is 0. The molecule has 0 aliphatic heterocycles. The predicted molar refractivity (Wildman–Crippen MR) is 64.1 cm³/mol. The Balaban J connectivity index is 2.77. The van der Waals surface area contributed by atoms with Gasteiger partial charge < -0.3 is 0 Å². The fourth-order valence-electron chi connectivity index (χ4n) is 1.18. The third-order valence-corrected chi connectivity index (χ3v) is 2.68. The van der Waals surface area contributed by atoms with E-state index in [1.807, 2.05) is 12.1 Å². The number of hydrogen-bond donors (Lipinski definition) is 0. The van der Waals surface area contributed by atoms with E-state index in [0.717, 1.165) is 6.42 Å². The Morgan fingerprint density at radius 1 is 1.29 bits per heavy atom. The Morgan fingerprint density at radius 2 is 1.93 bits per heavy atom. The molecule has 0 nitrogen and oxygen atoms in total. The van der Waals surface area contributed by atoms with Crippen molar-refractivity contribution < 1.29 is 0 Å². The van der Waals surface area contributed by atoms with Crippen LogP contribution in [0.15, 0.2) is 49.1 Å². The van der Waals surface area contributed by atoms with Crippen LogP contribution in [-0.4, -0.2) is 0 Å². The molecule has 0 spiro atoms. The molecule has 0 heteroatoms. The number of rotatable bonds is 4. The molecule has 0 saturated carbocycles. The highest BCUT2D eigenvalue weighted by Crippen LogP contribution is 2.24. The van der Waals surface area contributed by atoms with Gasteiger partial charge in [-0.05, 0) is 12.0 Å². The van der Waals surface area contributed by atoms with Gasteiger partial charge in [-0.2, -0.15) is 0 Å². The van der Waals surface area contributed by atoms with Gasteiger partial charge in [-0.15, -0.1) is 6.58 Å². The van der Waals surface area contributed by atoms with E-state index in [2.05, 4.69) is 56.8 Å². The monoisotopic (exact) mass is 186 g/mol. The summed E-state index contributed by atoms with van der Waals surface area (Å²) in [6, 6.07) is 10.4. The normalized spacial score (nSPS) is 15.3. The van der Waals surface area contributed by atoms with Crippen LogP contribution in [0.2, 0.25) is 0 Å². The second-order valence-corrected chi connectivity index (χ2v) is 3.81. The lowest BCUT2D eigenvalue weighted by Crippen LogP contribution is -2.05. The summed E-state index contributed by atoms with van der Waals surface area (Å²) in [7, 11) is 0. The molecule has 0 heterocycles. The SMILES string of the molecule is C=CC(C)(/C=C/c1ccccc1)CC. The lowest BCUT2D eigenvalue weighted by molar-refractivity contribution is 0.534. The Kier molecular flexibility index (Phi) is 3.70. The highest BCUT2D eigenvalue weighted by atomic mass is 14.2. The molecule has 0 N–H and O–H groups in total. The summed E-state index contributed by atoms with van der Waals surface area (Å²) in [6.07, 6.45) is 7.47. The second kappa shape index (κ2) is 4.80. The van der Waals surface area contributed by atoms with E-state index in [-0.39, 0.29) is 5.41 Å². The zero-order valence-electron chi connectivity index (χ0n) is 9.03. The maximum absolute atomic E-state index is 3.86. The van der Waals surface area contributed by atoms with Crippen molar-refractivity contribution in [1.29, 1.82) is 0 Å². The minimum atomic E-state index is 0.121. The second-order valence-electron chi connectivity index (χ2n) is 3.81. The molecule has 0 radical (unpaired) electrons. The van der Waals surface area contributed by atoms with Gasteiger partial charge in [0.2, 0.25) is 0 Å². The molecule has 1 unspecified atom stereocenters. The Bertz CT molecular complexity index is 308. The van der Waals surface area contributed by atoms with Gasteiger partial charge in [0, 0.05) is 5.41 Å². The van der Waals surface area contributed by atoms with Gasteiger partial charge >= 0.3 is 0 Å². The van der Waals surface area contributed by atoms with E-state index in [0.29, 0.717) is 0 Å². The van der Waals surface area contributed by atoms with Gasteiger partial charge in [-0.25, -0.2) is 0 Å². The van der Waals surface area contributed by atoms with Crippen molar-refractivity contribution in [3.63, 3.8) is 0 Å². The van der Waals surface area contributed by atoms with Gasteiger partial charge in [0.25, 0.3) is 0 Å². The van der Waals surface area contributed by atoms with Crippen molar-refractivity contribution in [2.45, 2.75) is 20.3 Å². The standard InChI is InChI=1S/C14H18/c1-4-14(3,5-2)12-11-13-9-7-6-8-10-13/h4,6-12H,1,5H2,2-3H3/b12-11+. The van der Waals surface area contributed by atoms with Crippen LogP contribution >= 0.6 is 0 Å². The van der Waals surface area contributed by atoms with Gasteiger partial charge in [-0.1, -0.05) is 62.4 Å². The average Bonchev–Trinajstić information content (AvgIpc) is 2.27. The van der Waals surface area contributed by atoms with Crippen molar-refractivity contribution in [3.8, 4) is 0 Å². The minimum Gasteiger partial charge on any atom is -0.102 e. The molecule has 0 amide bonds. The summed E-state index contributed by atoms with van der Waals surface area (Å²) < 4.78 is 0. The maximum Gasteiger partial charge on any atom is 0.00307 e. The lowest BCUT2D eigenvalue weighted by atomic mass is 9.87. The molecule has 0 bridgehead atoms. The molecular weight excluding hydrogens is 168 g/mol. The molecule has 1 atom stereocenters. The van der Waals surface area contributed by atoms with E-state index < -0.39 is 0 Å². The predicted octanol–water partition coefficient (Wildman–Crippen LogP) is 4.30. The first-order valence-corrected chi connectivity index (χ1v) is 5.08. The largest absolute Gasteiger partial charge is 0.102 e. The van der Waals surface area contributed by atoms with Crippen LogP contribution in [0.5, 0.6) is 0 Å². The molecule has 1 rings (SSSR count). The van der Waals surface area contributed by atoms with Crippen LogP contribution in [0.3, 0.4) is 0 Å². The van der Waals surface area contributed by atoms with E-state index in [1.165, 1.54) is 5.56 Å². The summed E-state index contributed by atoms with van der Waals surface area (Å²) >= 11 is 0. The van der Waals surface area contributed by atoms with E-state index in [1.54, 1.807) is 0 Å². The topological polar surface area (TPSA) is 0 Å². The minimum absolute atomic E-state index is 0.121. The van der Waals surface area contributed by atoms with Gasteiger partial charge in [0.15, 0.2) is 0 Å². The first kappa shape index (κ1) is 10.8. The van der Waals surface area contributed by atoms with Crippen LogP contribution in [0.1, 0.15) is 25.8 Å². The summed E-state index contributed by atoms with van der Waals surface area (Å²) in [6.45, 7) is 8.24. The molecule has 1 aromatic carbocycles. The average molecular weight is 186 g/mol. The number of hydrogen-bond acceptors (Lipinski definition) is 0. The first-order chi connectivity index (χ1) is 6.70. The van der Waals surface area contributed by atoms with Gasteiger partial charge in [-0.3, -0.25) is 0 Å². The molecule has 0 fully saturated rings. The van der Waals surface area contributed by atoms with E-state index >= 15 is 0 Å². The Morgan fingerprint density at radius 3 is 2.43 bits per heavy atom. The van der Waals surface area contributed by atoms with Crippen LogP contribution in [0.25, 0.3) is 6.08 Å². The highest BCUT2D eigenvalue weighted by molar-refractivity contribution is 5.50. The van der Waals surface area contributed by atoms with Crippen LogP contribution in [0.4, 0.5) is 0 Å². The summed E-state index contributed by atoms with van der Waals surface area (Å²) in [5, 5.41) is 0. The molecule has 74 valence electrons. The molecule has 1 aromatic rings. The maximum atomic E-state index is 3.86. The summed E-state index contributed by atoms with van der Waals surface area (Å²) in [5.41, 5.74) is 1.37. The number of allylic oxidation sites excluding steroid dienone is 2. The quantitative estimate of drug-likeness (QED) is 0.615. The molecular formula is C14H18. The Hall–Kier alpha value is -1.30. The molecule has 0 aliphatic rings. The number of benzene rings is 1. The first-order valence-electron chi connectivity index (χ1n) is 5.08. The summed E-state index contributed by atoms with van der Waals surface area (Å²) in [5.74, 6) is 0. The van der Waals surface area contributed by atoms with Crippen molar-refractivity contribution in [2.24, 2.45) is 5.41 Å². The van der Waals surface area contributed by atoms with Crippen molar-refractivity contribution in [2.75, 3.05) is 0 Å². The van der Waals surface area contributed by atoms with Gasteiger partial charge in [0.05, 0.1) is 0 Å². The molecule has 14 heavy (non-hydrogen) atoms. The zero-order chi connectivity index (χ0) is 10.4. The highest BCUT2D eigenvalue weighted by Gasteiger charge is 2.11. The molecule has 0 aromatic heterocycles. The van der Waals surface area contributed by atoms with Crippen molar-refractivity contribution in [3.05, 3.63) is 54.6 Å². The third kappa shape index (κ3) is 2.88. The van der Waals surface area contributed by atoms with Crippen LogP contribution in [0, 0.1) is 5.41 Å². The van der Waals surface area contributed by atoms with Crippen molar-refractivity contribution >= 4 is 6.08 Å². The fourth-order valence-corrected chi connectivity index (χ4v) is 1.18. The molecule has 0 aliphatic carbocycles. The van der Waals surface area contributed by atoms with Crippen LogP contribution < -0.4 is 0 Å². The lowest BCUT2D eigenvalue weighted by Gasteiger charge is -2.18. The fraction of sp³-hybridized carbons (Fsp3) is 0.286. The molecule has 0 saturated heterocycles. The third-order valence-electron chi connectivity index (χ3n) is 2.68. The zero-order valence-corrected chi connectivity index (χ0v) is 9.03. The van der Waals surface area contributed by atoms with E-state index in [4.69, 9.17) is 0 Å². The van der Waals surface area contributed by atoms with Gasteiger partial charge in [0.1, 0.15) is 0 Å². The van der Waals surface area contributed by atoms with Crippen molar-refractivity contribution in [1.82, 2.24) is 0 Å².